The van der Waals surface area contributed by atoms with E-state index in [0.717, 1.165) is 33.3 Å². The third-order valence-electron chi connectivity index (χ3n) is 16.5. The van der Waals surface area contributed by atoms with Gasteiger partial charge in [-0.05, 0) is 50.5 Å². The number of nitrogens with two attached hydrogens (primary N) is 4. The van der Waals surface area contributed by atoms with E-state index >= 15 is 0 Å². The molecule has 10 amide bonds. The number of amides is 10. The number of primary amides is 1. The van der Waals surface area contributed by atoms with Crippen LogP contribution in [0.4, 0.5) is 0 Å². The van der Waals surface area contributed by atoms with Crippen molar-refractivity contribution in [3.63, 3.8) is 0 Å². The fourth-order valence-corrected chi connectivity index (χ4v) is 14.0. The first-order chi connectivity index (χ1) is 55.9. The van der Waals surface area contributed by atoms with E-state index in [2.05, 4.69) is 57.7 Å². The zero-order valence-corrected chi connectivity index (χ0v) is 67.8. The molecule has 116 heavy (non-hydrogen) atoms. The average Bonchev–Trinajstić information content (AvgIpc) is 1.01. The molecule has 7 atom stereocenters. The Morgan fingerprint density at radius 1 is 0.491 bits per heavy atom. The number of fused-ring (bicyclic) bond motifs is 5. The number of thioether (sulfide) groups is 1. The zero-order valence-electron chi connectivity index (χ0n) is 65.4. The number of nitrogens with zero attached hydrogens (tertiary/aromatic N) is 1. The van der Waals surface area contributed by atoms with Gasteiger partial charge in [0.15, 0.2) is 29.1 Å². The first-order valence-corrected chi connectivity index (χ1v) is 41.7. The van der Waals surface area contributed by atoms with Gasteiger partial charge in [0.2, 0.25) is 59.1 Å². The Balaban J connectivity index is 1.75. The van der Waals surface area contributed by atoms with Crippen LogP contribution in [0.25, 0.3) is 0 Å². The summed E-state index contributed by atoms with van der Waals surface area (Å²) in [6, 6.07) is 2.97. The van der Waals surface area contributed by atoms with Crippen LogP contribution in [0.15, 0.2) is 35.3 Å². The summed E-state index contributed by atoms with van der Waals surface area (Å²) < 4.78 is 54.1. The maximum absolute atomic E-state index is 14.8. The van der Waals surface area contributed by atoms with Gasteiger partial charge in [-0.15, -0.1) is 11.8 Å². The number of hydrogen-bond donors (Lipinski definition) is 14. The summed E-state index contributed by atoms with van der Waals surface area (Å²) in [4.78, 5) is 209. The molecule has 2 heterocycles. The van der Waals surface area contributed by atoms with Crippen molar-refractivity contribution in [2.24, 2.45) is 45.8 Å². The van der Waals surface area contributed by atoms with Gasteiger partial charge in [-0.25, -0.2) is 5.90 Å². The van der Waals surface area contributed by atoms with Gasteiger partial charge in [-0.1, -0.05) is 51.9 Å². The summed E-state index contributed by atoms with van der Waals surface area (Å²) in [7, 11) is 1.96. The molecule has 2 bridgehead atoms. The van der Waals surface area contributed by atoms with Gasteiger partial charge in [0, 0.05) is 94.1 Å². The minimum absolute atomic E-state index is 0.00847. The molecule has 41 nitrogen and oxygen atoms in total. The number of carboxylic acid groups (broad SMARTS) is 1. The Morgan fingerprint density at radius 2 is 1.00 bits per heavy atom. The lowest BCUT2D eigenvalue weighted by Gasteiger charge is -2.26. The zero-order chi connectivity index (χ0) is 84.8. The molecular formula is C72H116N14O27S3. The third-order valence-corrected chi connectivity index (χ3v) is 20.0. The molecule has 2 aliphatic heterocycles. The van der Waals surface area contributed by atoms with Crippen LogP contribution in [0.5, 0.6) is 0 Å². The molecule has 18 N–H and O–H groups in total. The number of hydrogen-bond acceptors (Lipinski definition) is 31. The van der Waals surface area contributed by atoms with Crippen LogP contribution in [0.1, 0.15) is 76.2 Å². The predicted octanol–water partition coefficient (Wildman–Crippen LogP) is -4.79. The smallest absolute Gasteiger partial charge is 0.304 e. The molecule has 2 fully saturated rings. The second-order valence-electron chi connectivity index (χ2n) is 26.2. The quantitative estimate of drug-likeness (QED) is 0.00957. The number of benzene rings is 1. The van der Waals surface area contributed by atoms with E-state index in [1.54, 1.807) is 30.3 Å². The lowest BCUT2D eigenvalue weighted by atomic mass is 9.91. The number of unbranched alkanes of at least 4 members (excludes halogenated alkanes) is 1. The van der Waals surface area contributed by atoms with Crippen molar-refractivity contribution in [1.29, 1.82) is 0 Å². The predicted molar refractivity (Wildman–Crippen MR) is 422 cm³/mol. The molecule has 0 unspecified atom stereocenters. The Kier molecular flexibility index (Phi) is 57.1. The van der Waals surface area contributed by atoms with E-state index in [9.17, 15) is 77.0 Å². The fraction of sp³-hybridized carbons (Fsp3) is 0.694. The first-order valence-electron chi connectivity index (χ1n) is 38.1. The maximum Gasteiger partial charge on any atom is 0.304 e. The Labute approximate surface area is 685 Å². The first kappa shape index (κ1) is 102. The van der Waals surface area contributed by atoms with Crippen LogP contribution in [0, 0.1) is 17.8 Å². The molecular weight excluding hydrogens is 1590 g/mol. The van der Waals surface area contributed by atoms with E-state index < -0.39 is 170 Å². The van der Waals surface area contributed by atoms with E-state index in [1.807, 2.05) is 0 Å². The highest BCUT2D eigenvalue weighted by Gasteiger charge is 2.36. The average molecular weight is 1710 g/mol. The molecule has 3 rings (SSSR count). The monoisotopic (exact) mass is 1700 g/mol. The standard InChI is InChI=1S/C72H116N14O27S3/c73-61(91)41-111-40-53(87)11-7-18-103-22-26-107-29-25-106-21-17-80-70(101)58-45-114-48-65(95)83-55(12-4-5-13-77-62(92)42-112-43-63(93)78-15-19-104-23-27-108-30-32-110-33-31-109-28-24-105-20-16-79-64(94)44-113-76)71(102)85-57-47-116-115-46-56(60(90)37-51(68(99)86-58)34-49-8-2-1-3-9-49)84-69(100)52(38-66(96)97)35-54(88)39-82-67(98)50(36-59(57)89)10-6-14-81-72(74)75/h1-3,8-9,50-52,55-58H,4-7,10-48,76H2,(H2,73,91)(H,77,92)(H,78,93)(H,79,94)(H,80,101)(H,82,98)(H,83,95)(H,84,100)(H,85,102)(H,86,99)(H,96,97)(H4,74,75,81)/t50-,51-,52+,55+,56+,57+,58+/m1/s1. The largest absolute Gasteiger partial charge is 0.481 e. The normalized spacial score (nSPS) is 19.2. The number of ether oxygens (including phenoxy) is 10. The summed E-state index contributed by atoms with van der Waals surface area (Å²) in [5, 5.41) is 33.9. The highest BCUT2D eigenvalue weighted by atomic mass is 33.1. The molecule has 44 heteroatoms. The van der Waals surface area contributed by atoms with Crippen molar-refractivity contribution < 1.29 is 129 Å². The highest BCUT2D eigenvalue weighted by molar-refractivity contribution is 8.76. The summed E-state index contributed by atoms with van der Waals surface area (Å²) in [6.07, 6.45) is -1.60. The number of nitrogens with one attached hydrogen (secondary N) is 9. The number of aliphatic imine (C=N–C) groups is 1. The second kappa shape index (κ2) is 64.9. The van der Waals surface area contributed by atoms with E-state index in [-0.39, 0.29) is 185 Å². The van der Waals surface area contributed by atoms with Crippen molar-refractivity contribution in [2.45, 2.75) is 101 Å². The molecule has 2 saturated heterocycles. The molecule has 0 saturated carbocycles. The SMILES string of the molecule is NOCC(=O)NCCOCCOCCOCCOCCOCCNC(=O)COCC(=O)NCCCC[C@@H]1NC(=O)CSC[C@@H](C(=O)NCCOCCOCCOCCCC(=O)COCC(N)=O)NC(=O)[C@H](Cc2ccccc2)CC(=O)[C@@H]2CSSC[C@H](NC1=O)C(=O)C[C@@H](CCCN=C(N)N)C(=O)NCC(=O)C[C@@H](CC(=O)O)C(=O)N2. The number of rotatable bonds is 55. The van der Waals surface area contributed by atoms with E-state index in [4.69, 9.17) is 70.5 Å². The summed E-state index contributed by atoms with van der Waals surface area (Å²) >= 11 is 0.907. The topological polar surface area (TPSA) is 603 Å². The van der Waals surface area contributed by atoms with Crippen molar-refractivity contribution in [3.05, 3.63) is 35.9 Å². The fourth-order valence-electron chi connectivity index (χ4n) is 10.7. The molecule has 1 aromatic rings. The van der Waals surface area contributed by atoms with Gasteiger partial charge in [0.05, 0.1) is 136 Å². The minimum Gasteiger partial charge on any atom is -0.481 e. The number of guanidine groups is 1. The number of carbonyl (C=O) groups is 15. The molecule has 0 aromatic heterocycles. The van der Waals surface area contributed by atoms with Gasteiger partial charge in [-0.3, -0.25) is 81.7 Å². The van der Waals surface area contributed by atoms with Crippen molar-refractivity contribution in [3.8, 4) is 0 Å². The van der Waals surface area contributed by atoms with E-state index in [1.165, 1.54) is 0 Å². The number of Topliss-reactive ketones (excluding diaryl/α,β-unsaturated/α-hetero) is 4. The van der Waals surface area contributed by atoms with Gasteiger partial charge in [0.1, 0.15) is 45.1 Å². The number of carboxylic acids is 1. The van der Waals surface area contributed by atoms with E-state index in [0.29, 0.717) is 64.8 Å². The van der Waals surface area contributed by atoms with Crippen molar-refractivity contribution in [1.82, 2.24) is 47.9 Å². The molecule has 654 valence electrons. The van der Waals surface area contributed by atoms with Gasteiger partial charge < -0.3 is 118 Å². The van der Waals surface area contributed by atoms with Crippen LogP contribution in [-0.4, -0.2) is 324 Å². The summed E-state index contributed by atoms with van der Waals surface area (Å²) in [6.45, 7) is 2.06. The Bertz CT molecular complexity index is 3190. The van der Waals surface area contributed by atoms with Crippen LogP contribution >= 0.6 is 33.3 Å². The maximum atomic E-state index is 14.8. The number of aliphatic carboxylic acids is 1. The van der Waals surface area contributed by atoms with Gasteiger partial charge >= 0.3 is 5.97 Å². The highest BCUT2D eigenvalue weighted by Crippen LogP contribution is 2.27. The molecule has 2 aliphatic rings. The lowest BCUT2D eigenvalue weighted by Crippen LogP contribution is -2.53. The Hall–Kier alpha value is -8.09. The van der Waals surface area contributed by atoms with Crippen LogP contribution < -0.4 is 70.9 Å². The molecule has 0 aliphatic carbocycles. The number of carbonyl (C=O) groups excluding carboxylic acids is 14. The Morgan fingerprint density at radius 3 is 1.55 bits per heavy atom. The molecule has 0 spiro atoms. The molecule has 1 aromatic carbocycles. The van der Waals surface area contributed by atoms with Crippen LogP contribution in [0.2, 0.25) is 0 Å². The van der Waals surface area contributed by atoms with Crippen molar-refractivity contribution in [2.75, 3.05) is 201 Å². The summed E-state index contributed by atoms with van der Waals surface area (Å²) in [5.74, 6) is -11.2. The summed E-state index contributed by atoms with van der Waals surface area (Å²) in [5.41, 5.74) is 16.7. The minimum atomic E-state index is -1.56. The van der Waals surface area contributed by atoms with Crippen LogP contribution in [0.3, 0.4) is 0 Å². The van der Waals surface area contributed by atoms with Gasteiger partial charge in [0.25, 0.3) is 0 Å². The van der Waals surface area contributed by atoms with Gasteiger partial charge in [-0.2, -0.15) is 0 Å². The van der Waals surface area contributed by atoms with Crippen LogP contribution in [-0.2, 0) is 131 Å². The third kappa shape index (κ3) is 51.9. The van der Waals surface area contributed by atoms with Crippen molar-refractivity contribution >= 4 is 127 Å². The second-order valence-corrected chi connectivity index (χ2v) is 29.7. The molecule has 0 radical (unpaired) electrons. The lowest BCUT2D eigenvalue weighted by molar-refractivity contribution is -0.142. The number of ketones is 4.